The van der Waals surface area contributed by atoms with Gasteiger partial charge in [0.2, 0.25) is 0 Å². The third kappa shape index (κ3) is 5.14. The second kappa shape index (κ2) is 10.5. The monoisotopic (exact) mass is 452 g/mol. The summed E-state index contributed by atoms with van der Waals surface area (Å²) in [5.41, 5.74) is 9.61. The van der Waals surface area contributed by atoms with Crippen LogP contribution in [0.2, 0.25) is 0 Å². The Kier molecular flexibility index (Phi) is 7.44. The van der Waals surface area contributed by atoms with Gasteiger partial charge in [0.25, 0.3) is 5.03 Å². The number of aliphatic hydroxyl groups is 1. The number of hydrogen-bond acceptors (Lipinski definition) is 6. The third-order valence-corrected chi connectivity index (χ3v) is 6.90. The normalized spacial score (nSPS) is 23.2. The molecule has 1 aliphatic rings. The van der Waals surface area contributed by atoms with Crippen molar-refractivity contribution in [2.45, 2.75) is 43.6 Å². The first kappa shape index (κ1) is 22.8. The second-order valence-electron chi connectivity index (χ2n) is 7.94. The maximum absolute atomic E-state index is 12.1. The Bertz CT molecular complexity index is 1010. The fraction of sp³-hybridized carbons (Fsp3) is 0.320. The quantitative estimate of drug-likeness (QED) is 0.321. The minimum atomic E-state index is -0.527. The van der Waals surface area contributed by atoms with E-state index in [1.54, 1.807) is 6.07 Å². The van der Waals surface area contributed by atoms with Crippen molar-refractivity contribution in [3.8, 4) is 0 Å². The molecule has 168 valence electrons. The van der Waals surface area contributed by atoms with Crippen LogP contribution in [0.5, 0.6) is 0 Å². The highest BCUT2D eigenvalue weighted by Gasteiger charge is 2.38. The van der Waals surface area contributed by atoms with Gasteiger partial charge in [-0.25, -0.2) is 0 Å². The predicted octanol–water partition coefficient (Wildman–Crippen LogP) is 3.85. The zero-order valence-electron chi connectivity index (χ0n) is 18.0. The van der Waals surface area contributed by atoms with Crippen molar-refractivity contribution >= 4 is 11.8 Å². The topological polar surface area (TPSA) is 91.7 Å². The van der Waals surface area contributed by atoms with Crippen molar-refractivity contribution in [2.24, 2.45) is 11.7 Å². The van der Waals surface area contributed by atoms with Crippen LogP contribution in [0.1, 0.15) is 41.6 Å². The zero-order chi connectivity index (χ0) is 22.5. The van der Waals surface area contributed by atoms with Gasteiger partial charge < -0.3 is 25.5 Å². The zero-order valence-corrected chi connectivity index (χ0v) is 18.8. The molecule has 0 bridgehead atoms. The molecule has 2 aromatic carbocycles. The van der Waals surface area contributed by atoms with Crippen LogP contribution in [0.3, 0.4) is 0 Å². The van der Waals surface area contributed by atoms with Crippen LogP contribution in [0.4, 0.5) is 0 Å². The van der Waals surface area contributed by atoms with E-state index < -0.39 is 6.29 Å². The standard InChI is InChI=1S/C25H28N2O4S/c1-17-22(16-32-23-4-2-3-13-27(23)29)30-25(21-11-5-18(14-26)6-12-21)31-24(17)20-9-7-19(15-28)8-10-20/h2-13,17,22,24-25,28H,14-16,26H2,1H3/t17-,22+,24+,25?/m0/s1. The van der Waals surface area contributed by atoms with Crippen molar-refractivity contribution < 1.29 is 19.3 Å². The molecule has 0 amide bonds. The van der Waals surface area contributed by atoms with Crippen molar-refractivity contribution in [3.05, 3.63) is 100 Å². The Morgan fingerprint density at radius 2 is 1.66 bits per heavy atom. The molecule has 1 aliphatic heterocycles. The third-order valence-electron chi connectivity index (χ3n) is 5.80. The van der Waals surface area contributed by atoms with Crippen molar-refractivity contribution in [1.82, 2.24) is 0 Å². The van der Waals surface area contributed by atoms with Gasteiger partial charge in [0.1, 0.15) is 0 Å². The lowest BCUT2D eigenvalue weighted by atomic mass is 9.91. The van der Waals surface area contributed by atoms with Gasteiger partial charge in [-0.15, -0.1) is 0 Å². The summed E-state index contributed by atoms with van der Waals surface area (Å²) in [6, 6.07) is 21.2. The summed E-state index contributed by atoms with van der Waals surface area (Å²) in [5, 5.41) is 22.1. The van der Waals surface area contributed by atoms with Gasteiger partial charge >= 0.3 is 0 Å². The Balaban J connectivity index is 1.59. The Hall–Kier alpha value is -2.42. The largest absolute Gasteiger partial charge is 0.618 e. The lowest BCUT2D eigenvalue weighted by Gasteiger charge is -2.41. The summed E-state index contributed by atoms with van der Waals surface area (Å²) in [6.07, 6.45) is 0.664. The second-order valence-corrected chi connectivity index (χ2v) is 8.98. The number of nitrogens with zero attached hydrogens (tertiary/aromatic N) is 1. The Labute approximate surface area is 192 Å². The molecule has 4 rings (SSSR count). The van der Waals surface area contributed by atoms with Crippen molar-refractivity contribution in [3.63, 3.8) is 0 Å². The molecule has 4 atom stereocenters. The van der Waals surface area contributed by atoms with Gasteiger partial charge in [-0.1, -0.05) is 67.2 Å². The van der Waals surface area contributed by atoms with Gasteiger partial charge in [0.05, 0.1) is 18.8 Å². The maximum atomic E-state index is 12.1. The van der Waals surface area contributed by atoms with Crippen LogP contribution >= 0.6 is 11.8 Å². The van der Waals surface area contributed by atoms with E-state index in [0.29, 0.717) is 17.3 Å². The molecule has 0 saturated carbocycles. The summed E-state index contributed by atoms with van der Waals surface area (Å²) < 4.78 is 13.7. The van der Waals surface area contributed by atoms with Crippen LogP contribution in [-0.2, 0) is 22.6 Å². The highest BCUT2D eigenvalue weighted by atomic mass is 32.2. The molecule has 2 heterocycles. The van der Waals surface area contributed by atoms with Crippen molar-refractivity contribution in [2.75, 3.05) is 5.75 Å². The Morgan fingerprint density at radius 3 is 2.31 bits per heavy atom. The molecular formula is C25H28N2O4S. The molecule has 32 heavy (non-hydrogen) atoms. The van der Waals surface area contributed by atoms with Gasteiger partial charge in [-0.05, 0) is 22.8 Å². The summed E-state index contributed by atoms with van der Waals surface area (Å²) in [6.45, 7) is 2.60. The molecule has 1 unspecified atom stereocenters. The fourth-order valence-electron chi connectivity index (χ4n) is 3.81. The molecule has 1 fully saturated rings. The molecule has 7 heteroatoms. The molecule has 0 aliphatic carbocycles. The van der Waals surface area contributed by atoms with Crippen LogP contribution < -0.4 is 10.5 Å². The average molecular weight is 453 g/mol. The van der Waals surface area contributed by atoms with Gasteiger partial charge in [0.15, 0.2) is 12.5 Å². The summed E-state index contributed by atoms with van der Waals surface area (Å²) in [4.78, 5) is 0. The summed E-state index contributed by atoms with van der Waals surface area (Å²) in [7, 11) is 0. The van der Waals surface area contributed by atoms with Gasteiger partial charge in [-0.3, -0.25) is 0 Å². The van der Waals surface area contributed by atoms with E-state index >= 15 is 0 Å². The minimum absolute atomic E-state index is 0.00607. The van der Waals surface area contributed by atoms with Crippen LogP contribution in [0.25, 0.3) is 0 Å². The van der Waals surface area contributed by atoms with Crippen LogP contribution in [-0.4, -0.2) is 17.0 Å². The van der Waals surface area contributed by atoms with E-state index in [0.717, 1.165) is 27.0 Å². The molecular weight excluding hydrogens is 424 g/mol. The van der Waals surface area contributed by atoms with E-state index in [-0.39, 0.29) is 24.7 Å². The van der Waals surface area contributed by atoms with E-state index in [1.165, 1.54) is 18.0 Å². The summed E-state index contributed by atoms with van der Waals surface area (Å²) >= 11 is 1.48. The first-order valence-corrected chi connectivity index (χ1v) is 11.7. The molecule has 6 nitrogen and oxygen atoms in total. The van der Waals surface area contributed by atoms with Crippen LogP contribution in [0.15, 0.2) is 78.0 Å². The molecule has 3 N–H and O–H groups in total. The van der Waals surface area contributed by atoms with Crippen LogP contribution in [0, 0.1) is 11.1 Å². The molecule has 1 saturated heterocycles. The van der Waals surface area contributed by atoms with E-state index in [1.807, 2.05) is 60.7 Å². The lowest BCUT2D eigenvalue weighted by molar-refractivity contribution is -0.645. The van der Waals surface area contributed by atoms with E-state index in [2.05, 4.69) is 6.92 Å². The first-order valence-electron chi connectivity index (χ1n) is 10.7. The number of hydrogen-bond donors (Lipinski definition) is 2. The number of aliphatic hydroxyl groups excluding tert-OH is 1. The van der Waals surface area contributed by atoms with E-state index in [9.17, 15) is 10.3 Å². The highest BCUT2D eigenvalue weighted by Crippen LogP contribution is 2.42. The average Bonchev–Trinajstić information content (AvgIpc) is 2.84. The smallest absolute Gasteiger partial charge is 0.251 e. The van der Waals surface area contributed by atoms with Gasteiger partial charge in [-0.2, -0.15) is 4.73 Å². The minimum Gasteiger partial charge on any atom is -0.618 e. The predicted molar refractivity (Wildman–Crippen MR) is 123 cm³/mol. The number of aromatic nitrogens is 1. The highest BCUT2D eigenvalue weighted by molar-refractivity contribution is 7.99. The number of ether oxygens (including phenoxy) is 2. The number of benzene rings is 2. The number of nitrogens with two attached hydrogens (primary N) is 1. The molecule has 3 aromatic rings. The van der Waals surface area contributed by atoms with E-state index in [4.69, 9.17) is 15.2 Å². The molecule has 0 radical (unpaired) electrons. The molecule has 1 aromatic heterocycles. The lowest BCUT2D eigenvalue weighted by Crippen LogP contribution is -2.39. The molecule has 0 spiro atoms. The van der Waals surface area contributed by atoms with Crippen molar-refractivity contribution in [1.29, 1.82) is 0 Å². The summed E-state index contributed by atoms with van der Waals surface area (Å²) in [5.74, 6) is 0.685. The van der Waals surface area contributed by atoms with Gasteiger partial charge in [0, 0.05) is 35.9 Å². The maximum Gasteiger partial charge on any atom is 0.251 e. The SMILES string of the molecule is C[C@H]1[C@@H](CSc2cccc[n+]2[O-])OC(c2ccc(CN)cc2)O[C@H]1c1ccc(CO)cc1. The first-order chi connectivity index (χ1) is 15.6. The number of thioether (sulfide) groups is 1. The fourth-order valence-corrected chi connectivity index (χ4v) is 4.89. The number of pyridine rings is 1. The Morgan fingerprint density at radius 1 is 0.969 bits per heavy atom. The number of rotatable bonds is 7.